The smallest absolute Gasteiger partial charge is 0.267 e. The van der Waals surface area contributed by atoms with Crippen molar-refractivity contribution in [3.8, 4) is 17.6 Å². The molecule has 5 aromatic rings. The number of fused-ring (bicyclic) bond motifs is 1. The molecule has 4 aromatic heterocycles. The van der Waals surface area contributed by atoms with Crippen LogP contribution in [0.3, 0.4) is 0 Å². The normalized spacial score (nSPS) is 11.6. The van der Waals surface area contributed by atoms with Crippen molar-refractivity contribution >= 4 is 34.0 Å². The molecular formula is C31H29ClFN7O2. The molecule has 0 saturated heterocycles. The topological polar surface area (TPSA) is 111 Å². The zero-order valence-corrected chi connectivity index (χ0v) is 24.6. The summed E-state index contributed by atoms with van der Waals surface area (Å²) < 4.78 is 24.0. The lowest BCUT2D eigenvalue weighted by Gasteiger charge is -2.21. The molecule has 0 spiro atoms. The lowest BCUT2D eigenvalue weighted by molar-refractivity contribution is 0.184. The van der Waals surface area contributed by atoms with Crippen LogP contribution in [-0.2, 0) is 23.2 Å². The van der Waals surface area contributed by atoms with E-state index in [0.29, 0.717) is 45.4 Å². The molecule has 0 fully saturated rings. The fraction of sp³-hybridized carbons (Fsp3) is 0.258. The highest BCUT2D eigenvalue weighted by Crippen LogP contribution is 2.30. The van der Waals surface area contributed by atoms with Gasteiger partial charge < -0.3 is 10.1 Å². The molecule has 1 aromatic carbocycles. The minimum absolute atomic E-state index is 0.0106. The summed E-state index contributed by atoms with van der Waals surface area (Å²) in [5.41, 5.74) is 1.99. The van der Waals surface area contributed by atoms with Crippen LogP contribution >= 0.6 is 11.6 Å². The average molecular weight is 586 g/mol. The van der Waals surface area contributed by atoms with Gasteiger partial charge in [-0.1, -0.05) is 45.4 Å². The molecule has 42 heavy (non-hydrogen) atoms. The molecule has 0 aliphatic carbocycles. The minimum Gasteiger partial charge on any atom is -0.380 e. The zero-order chi connectivity index (χ0) is 30.2. The molecule has 0 saturated carbocycles. The summed E-state index contributed by atoms with van der Waals surface area (Å²) in [7, 11) is 1.53. The summed E-state index contributed by atoms with van der Waals surface area (Å²) in [6, 6.07) is 12.3. The SMILES string of the molecule is CCc1cc2cc(C(C)(C)C)cc(F)c2c(=O)n1-c1nccc(-n2cc(C#N)c(Nc3ccc(Cl)cn3)n2)c1COC. The van der Waals surface area contributed by atoms with Crippen molar-refractivity contribution in [2.45, 2.75) is 46.1 Å². The number of anilines is 2. The molecule has 214 valence electrons. The Morgan fingerprint density at radius 1 is 1.17 bits per heavy atom. The number of ether oxygens (including phenoxy) is 1. The highest BCUT2D eigenvalue weighted by molar-refractivity contribution is 6.30. The number of methoxy groups -OCH3 is 1. The van der Waals surface area contributed by atoms with E-state index in [1.807, 2.05) is 39.8 Å². The Morgan fingerprint density at radius 2 is 1.95 bits per heavy atom. The molecule has 9 nitrogen and oxygen atoms in total. The number of pyridine rings is 3. The zero-order valence-electron chi connectivity index (χ0n) is 23.9. The van der Waals surface area contributed by atoms with Crippen LogP contribution in [0.5, 0.6) is 0 Å². The lowest BCUT2D eigenvalue weighted by atomic mass is 9.86. The highest BCUT2D eigenvalue weighted by Gasteiger charge is 2.23. The van der Waals surface area contributed by atoms with Gasteiger partial charge in [0.25, 0.3) is 5.56 Å². The van der Waals surface area contributed by atoms with E-state index in [9.17, 15) is 10.1 Å². The first-order valence-corrected chi connectivity index (χ1v) is 13.7. The highest BCUT2D eigenvalue weighted by atomic mass is 35.5. The molecule has 5 rings (SSSR count). The van der Waals surface area contributed by atoms with Crippen LogP contribution in [0.2, 0.25) is 5.02 Å². The lowest BCUT2D eigenvalue weighted by Crippen LogP contribution is -2.26. The molecule has 0 radical (unpaired) electrons. The Bertz CT molecular complexity index is 1900. The number of halogens is 2. The number of hydrogen-bond donors (Lipinski definition) is 1. The van der Waals surface area contributed by atoms with Crippen molar-refractivity contribution in [2.75, 3.05) is 12.4 Å². The summed E-state index contributed by atoms with van der Waals surface area (Å²) in [4.78, 5) is 22.7. The van der Waals surface area contributed by atoms with Crippen molar-refractivity contribution in [2.24, 2.45) is 0 Å². The van der Waals surface area contributed by atoms with E-state index in [1.165, 1.54) is 28.6 Å². The molecule has 0 unspecified atom stereocenters. The first kappa shape index (κ1) is 28.9. The molecule has 4 heterocycles. The van der Waals surface area contributed by atoms with E-state index in [0.717, 1.165) is 5.56 Å². The Labute approximate surface area is 247 Å². The molecule has 0 bridgehead atoms. The number of nitriles is 1. The number of hydrogen-bond acceptors (Lipinski definition) is 7. The minimum atomic E-state index is -0.583. The third kappa shape index (κ3) is 5.36. The monoisotopic (exact) mass is 585 g/mol. The van der Waals surface area contributed by atoms with Gasteiger partial charge in [0.15, 0.2) is 5.82 Å². The van der Waals surface area contributed by atoms with E-state index in [1.54, 1.807) is 30.6 Å². The van der Waals surface area contributed by atoms with Crippen LogP contribution < -0.4 is 10.9 Å². The molecule has 0 atom stereocenters. The van der Waals surface area contributed by atoms with Gasteiger partial charge in [-0.3, -0.25) is 9.36 Å². The van der Waals surface area contributed by atoms with Gasteiger partial charge in [-0.15, -0.1) is 5.10 Å². The largest absolute Gasteiger partial charge is 0.380 e. The third-order valence-corrected chi connectivity index (χ3v) is 7.16. The second-order valence-corrected chi connectivity index (χ2v) is 11.2. The van der Waals surface area contributed by atoms with Crippen molar-refractivity contribution in [3.63, 3.8) is 0 Å². The van der Waals surface area contributed by atoms with Gasteiger partial charge in [0.2, 0.25) is 0 Å². The Balaban J connectivity index is 1.70. The second-order valence-electron chi connectivity index (χ2n) is 10.8. The van der Waals surface area contributed by atoms with E-state index < -0.39 is 11.4 Å². The maximum Gasteiger partial charge on any atom is 0.267 e. The number of nitrogens with one attached hydrogen (secondary N) is 1. The number of rotatable bonds is 7. The molecule has 1 N–H and O–H groups in total. The van der Waals surface area contributed by atoms with Crippen molar-refractivity contribution < 1.29 is 9.13 Å². The second kappa shape index (κ2) is 11.4. The van der Waals surface area contributed by atoms with Crippen LogP contribution in [0.1, 0.15) is 50.1 Å². The molecule has 0 aliphatic rings. The molecular weight excluding hydrogens is 557 g/mol. The van der Waals surface area contributed by atoms with Crippen LogP contribution in [0.4, 0.5) is 16.0 Å². The summed E-state index contributed by atoms with van der Waals surface area (Å²) >= 11 is 5.94. The number of aryl methyl sites for hydroxylation is 1. The Kier molecular flexibility index (Phi) is 7.82. The van der Waals surface area contributed by atoms with Crippen LogP contribution in [0, 0.1) is 17.1 Å². The third-order valence-electron chi connectivity index (χ3n) is 6.94. The van der Waals surface area contributed by atoms with E-state index >= 15 is 4.39 Å². The van der Waals surface area contributed by atoms with Crippen LogP contribution in [-0.4, -0.2) is 31.4 Å². The Morgan fingerprint density at radius 3 is 2.60 bits per heavy atom. The quantitative estimate of drug-likeness (QED) is 0.236. The maximum absolute atomic E-state index is 15.5. The van der Waals surface area contributed by atoms with Gasteiger partial charge in [0.05, 0.1) is 28.9 Å². The fourth-order valence-corrected chi connectivity index (χ4v) is 4.90. The van der Waals surface area contributed by atoms with Crippen molar-refractivity contribution in [1.29, 1.82) is 5.26 Å². The predicted molar refractivity (Wildman–Crippen MR) is 160 cm³/mol. The number of aromatic nitrogens is 5. The average Bonchev–Trinajstić information content (AvgIpc) is 3.36. The standard InChI is InChI=1S/C31H29ClFN7O2/c1-6-22-12-18-11-20(31(2,3)4)13-24(33)27(18)30(41)40(22)29-23(17-42-5)25(9-10-35-29)39-16-19(14-34)28(38-39)37-26-8-7-21(32)15-36-26/h7-13,15-16H,6,17H2,1-5H3,(H,36,37,38). The summed E-state index contributed by atoms with van der Waals surface area (Å²) in [6.07, 6.45) is 5.08. The fourth-order valence-electron chi connectivity index (χ4n) is 4.78. The van der Waals surface area contributed by atoms with Crippen molar-refractivity contribution in [3.05, 3.63) is 98.6 Å². The first-order valence-electron chi connectivity index (χ1n) is 13.3. The predicted octanol–water partition coefficient (Wildman–Crippen LogP) is 6.38. The van der Waals surface area contributed by atoms with Gasteiger partial charge in [-0.25, -0.2) is 19.0 Å². The van der Waals surface area contributed by atoms with Gasteiger partial charge >= 0.3 is 0 Å². The Hall–Kier alpha value is -4.59. The van der Waals surface area contributed by atoms with Crippen molar-refractivity contribution in [1.82, 2.24) is 24.3 Å². The molecule has 0 aliphatic heterocycles. The molecule has 0 amide bonds. The van der Waals surface area contributed by atoms with Crippen LogP contribution in [0.25, 0.3) is 22.3 Å². The maximum atomic E-state index is 15.5. The van der Waals surface area contributed by atoms with Gasteiger partial charge in [-0.2, -0.15) is 5.26 Å². The summed E-state index contributed by atoms with van der Waals surface area (Å²) in [5, 5.41) is 18.4. The summed E-state index contributed by atoms with van der Waals surface area (Å²) in [6.45, 7) is 8.00. The number of nitrogens with zero attached hydrogens (tertiary/aromatic N) is 6. The van der Waals surface area contributed by atoms with E-state index in [2.05, 4.69) is 26.5 Å². The van der Waals surface area contributed by atoms with E-state index in [-0.39, 0.29) is 28.8 Å². The molecule has 11 heteroatoms. The summed E-state index contributed by atoms with van der Waals surface area (Å²) in [5.74, 6) is 0.448. The van der Waals surface area contributed by atoms with Crippen LogP contribution in [0.15, 0.2) is 59.8 Å². The number of benzene rings is 1. The van der Waals surface area contributed by atoms with Gasteiger partial charge in [0.1, 0.15) is 29.1 Å². The van der Waals surface area contributed by atoms with E-state index in [4.69, 9.17) is 16.3 Å². The first-order chi connectivity index (χ1) is 20.0. The van der Waals surface area contributed by atoms with Gasteiger partial charge in [0, 0.05) is 30.8 Å². The van der Waals surface area contributed by atoms with Gasteiger partial charge in [-0.05, 0) is 53.1 Å².